The predicted octanol–water partition coefficient (Wildman–Crippen LogP) is 4.13. The lowest BCUT2D eigenvalue weighted by molar-refractivity contribution is -0.384. The van der Waals surface area contributed by atoms with Gasteiger partial charge >= 0.3 is 5.97 Å². The van der Waals surface area contributed by atoms with E-state index in [9.17, 15) is 19.7 Å². The summed E-state index contributed by atoms with van der Waals surface area (Å²) in [4.78, 5) is 34.1. The number of nitro benzene ring substituents is 1. The van der Waals surface area contributed by atoms with Gasteiger partial charge in [0, 0.05) is 11.8 Å². The van der Waals surface area contributed by atoms with Crippen LogP contribution in [-0.4, -0.2) is 23.4 Å². The molecular weight excluding hydrogens is 384 g/mol. The summed E-state index contributed by atoms with van der Waals surface area (Å²) in [6.07, 6.45) is 0.0323. The molecule has 0 atom stereocenters. The van der Waals surface area contributed by atoms with Gasteiger partial charge in [0.25, 0.3) is 11.6 Å². The number of nitro groups is 1. The molecule has 3 aromatic rings. The molecule has 3 rings (SSSR count). The van der Waals surface area contributed by atoms with E-state index in [0.717, 1.165) is 22.4 Å². The summed E-state index contributed by atoms with van der Waals surface area (Å²) in [5.41, 5.74) is 0.636. The van der Waals surface area contributed by atoms with Crippen LogP contribution in [0.1, 0.15) is 5.56 Å². The van der Waals surface area contributed by atoms with E-state index in [1.54, 1.807) is 0 Å². The van der Waals surface area contributed by atoms with Crippen LogP contribution in [0.4, 0.5) is 11.4 Å². The van der Waals surface area contributed by atoms with E-state index in [1.807, 2.05) is 42.5 Å². The minimum atomic E-state index is -0.651. The molecular formula is C20H15ClN2O5. The maximum absolute atomic E-state index is 12.0. The third-order valence-corrected chi connectivity index (χ3v) is 4.27. The van der Waals surface area contributed by atoms with Gasteiger partial charge in [-0.1, -0.05) is 54.1 Å². The van der Waals surface area contributed by atoms with Crippen molar-refractivity contribution in [2.45, 2.75) is 6.42 Å². The summed E-state index contributed by atoms with van der Waals surface area (Å²) in [5.74, 6) is -1.16. The van der Waals surface area contributed by atoms with Gasteiger partial charge in [-0.05, 0) is 28.5 Å². The quantitative estimate of drug-likeness (QED) is 0.382. The molecule has 28 heavy (non-hydrogen) atoms. The fourth-order valence-corrected chi connectivity index (χ4v) is 2.83. The molecule has 0 saturated heterocycles. The third kappa shape index (κ3) is 4.83. The first-order valence-corrected chi connectivity index (χ1v) is 8.67. The number of amides is 1. The Kier molecular flexibility index (Phi) is 5.86. The number of hydrogen-bond acceptors (Lipinski definition) is 5. The lowest BCUT2D eigenvalue weighted by Gasteiger charge is -2.08. The van der Waals surface area contributed by atoms with Crippen molar-refractivity contribution in [3.8, 4) is 0 Å². The van der Waals surface area contributed by atoms with Crippen molar-refractivity contribution >= 4 is 45.6 Å². The molecule has 0 aromatic heterocycles. The van der Waals surface area contributed by atoms with Gasteiger partial charge < -0.3 is 10.1 Å². The Morgan fingerprint density at radius 3 is 2.54 bits per heavy atom. The van der Waals surface area contributed by atoms with E-state index in [-0.39, 0.29) is 22.8 Å². The first-order valence-electron chi connectivity index (χ1n) is 8.29. The highest BCUT2D eigenvalue weighted by atomic mass is 35.5. The summed E-state index contributed by atoms with van der Waals surface area (Å²) in [6, 6.07) is 17.3. The molecule has 7 nitrogen and oxygen atoms in total. The number of carbonyl (C=O) groups is 2. The number of fused-ring (bicyclic) bond motifs is 1. The zero-order valence-corrected chi connectivity index (χ0v) is 15.3. The van der Waals surface area contributed by atoms with E-state index in [2.05, 4.69) is 5.32 Å². The maximum Gasteiger partial charge on any atom is 0.310 e. The highest BCUT2D eigenvalue weighted by Gasteiger charge is 2.15. The zero-order chi connectivity index (χ0) is 20.1. The Balaban J connectivity index is 1.54. The van der Waals surface area contributed by atoms with E-state index < -0.39 is 23.4 Å². The number of benzene rings is 3. The third-order valence-electron chi connectivity index (χ3n) is 3.95. The molecule has 0 aliphatic heterocycles. The van der Waals surface area contributed by atoms with Crippen LogP contribution in [0.15, 0.2) is 60.7 Å². The van der Waals surface area contributed by atoms with Crippen molar-refractivity contribution in [2.24, 2.45) is 0 Å². The summed E-state index contributed by atoms with van der Waals surface area (Å²) in [5, 5.41) is 15.3. The number of carbonyl (C=O) groups excluding carboxylic acids is 2. The molecule has 3 aromatic carbocycles. The minimum absolute atomic E-state index is 0.0323. The van der Waals surface area contributed by atoms with Crippen LogP contribution in [0.25, 0.3) is 10.8 Å². The Morgan fingerprint density at radius 2 is 1.79 bits per heavy atom. The summed E-state index contributed by atoms with van der Waals surface area (Å²) in [6.45, 7) is -0.497. The highest BCUT2D eigenvalue weighted by molar-refractivity contribution is 6.32. The second-order valence-electron chi connectivity index (χ2n) is 5.99. The lowest BCUT2D eigenvalue weighted by atomic mass is 10.1. The van der Waals surface area contributed by atoms with Gasteiger partial charge in [0.2, 0.25) is 0 Å². The first kappa shape index (κ1) is 19.3. The maximum atomic E-state index is 12.0. The first-order chi connectivity index (χ1) is 13.4. The van der Waals surface area contributed by atoms with Gasteiger partial charge in [0.15, 0.2) is 6.61 Å². The molecule has 0 aliphatic carbocycles. The molecule has 0 heterocycles. The topological polar surface area (TPSA) is 98.5 Å². The molecule has 0 radical (unpaired) electrons. The predicted molar refractivity (Wildman–Crippen MR) is 105 cm³/mol. The SMILES string of the molecule is O=C(COC(=O)Cc1ccc2ccccc2c1)Nc1ccc(Cl)c([N+](=O)[O-])c1. The fraction of sp³-hybridized carbons (Fsp3) is 0.100. The number of rotatable bonds is 6. The molecule has 142 valence electrons. The van der Waals surface area contributed by atoms with Crippen molar-refractivity contribution in [2.75, 3.05) is 11.9 Å². The monoisotopic (exact) mass is 398 g/mol. The second kappa shape index (κ2) is 8.49. The largest absolute Gasteiger partial charge is 0.455 e. The van der Waals surface area contributed by atoms with Crippen molar-refractivity contribution in [1.29, 1.82) is 0 Å². The van der Waals surface area contributed by atoms with Crippen LogP contribution in [0.2, 0.25) is 5.02 Å². The van der Waals surface area contributed by atoms with Crippen LogP contribution in [-0.2, 0) is 20.7 Å². The van der Waals surface area contributed by atoms with E-state index in [0.29, 0.717) is 0 Å². The summed E-state index contributed by atoms with van der Waals surface area (Å²) >= 11 is 5.72. The van der Waals surface area contributed by atoms with Gasteiger partial charge in [-0.2, -0.15) is 0 Å². The fourth-order valence-electron chi connectivity index (χ4n) is 2.64. The molecule has 0 bridgehead atoms. The smallest absolute Gasteiger partial charge is 0.310 e. The van der Waals surface area contributed by atoms with E-state index in [4.69, 9.17) is 16.3 Å². The average Bonchev–Trinajstić information content (AvgIpc) is 2.67. The molecule has 1 N–H and O–H groups in total. The Morgan fingerprint density at radius 1 is 1.04 bits per heavy atom. The number of hydrogen-bond donors (Lipinski definition) is 1. The molecule has 0 saturated carbocycles. The molecule has 0 unspecified atom stereocenters. The van der Waals surface area contributed by atoms with Gasteiger partial charge in [-0.3, -0.25) is 19.7 Å². The Hall–Kier alpha value is -3.45. The van der Waals surface area contributed by atoms with E-state index in [1.165, 1.54) is 12.1 Å². The lowest BCUT2D eigenvalue weighted by Crippen LogP contribution is -2.21. The van der Waals surface area contributed by atoms with Crippen molar-refractivity contribution in [3.63, 3.8) is 0 Å². The number of anilines is 1. The average molecular weight is 399 g/mol. The van der Waals surface area contributed by atoms with Crippen LogP contribution >= 0.6 is 11.6 Å². The van der Waals surface area contributed by atoms with Crippen LogP contribution < -0.4 is 5.32 Å². The standard InChI is InChI=1S/C20H15ClN2O5/c21-17-8-7-16(11-18(17)23(26)27)22-19(24)12-28-20(25)10-13-5-6-14-3-1-2-4-15(14)9-13/h1-9,11H,10,12H2,(H,22,24). The molecule has 0 fully saturated rings. The number of esters is 1. The molecule has 0 aliphatic rings. The number of halogens is 1. The zero-order valence-electron chi connectivity index (χ0n) is 14.6. The van der Waals surface area contributed by atoms with Gasteiger partial charge in [0.1, 0.15) is 5.02 Å². The van der Waals surface area contributed by atoms with E-state index >= 15 is 0 Å². The second-order valence-corrected chi connectivity index (χ2v) is 6.40. The summed E-state index contributed by atoms with van der Waals surface area (Å²) in [7, 11) is 0. The van der Waals surface area contributed by atoms with Gasteiger partial charge in [-0.25, -0.2) is 0 Å². The normalized spacial score (nSPS) is 10.5. The minimum Gasteiger partial charge on any atom is -0.455 e. The van der Waals surface area contributed by atoms with Crippen molar-refractivity contribution in [1.82, 2.24) is 0 Å². The molecule has 8 heteroatoms. The van der Waals surface area contributed by atoms with Crippen LogP contribution in [0.3, 0.4) is 0 Å². The Bertz CT molecular complexity index is 1070. The number of nitrogens with one attached hydrogen (secondary N) is 1. The number of nitrogens with zero attached hydrogens (tertiary/aromatic N) is 1. The molecule has 1 amide bonds. The number of ether oxygens (including phenoxy) is 1. The van der Waals surface area contributed by atoms with Crippen LogP contribution in [0, 0.1) is 10.1 Å². The Labute approximate surface area is 165 Å². The summed E-state index contributed by atoms with van der Waals surface area (Å²) < 4.78 is 4.98. The van der Waals surface area contributed by atoms with Gasteiger partial charge in [0.05, 0.1) is 11.3 Å². The van der Waals surface area contributed by atoms with Crippen molar-refractivity contribution in [3.05, 3.63) is 81.4 Å². The molecule has 0 spiro atoms. The highest BCUT2D eigenvalue weighted by Crippen LogP contribution is 2.27. The van der Waals surface area contributed by atoms with Crippen molar-refractivity contribution < 1.29 is 19.2 Å². The van der Waals surface area contributed by atoms with Gasteiger partial charge in [-0.15, -0.1) is 0 Å². The van der Waals surface area contributed by atoms with Crippen LogP contribution in [0.5, 0.6) is 0 Å².